The van der Waals surface area contributed by atoms with Gasteiger partial charge in [-0.1, -0.05) is 23.4 Å². The second-order valence-electron chi connectivity index (χ2n) is 6.07. The minimum Gasteiger partial charge on any atom is -0.454 e. The lowest BCUT2D eigenvalue weighted by Crippen LogP contribution is -2.13. The van der Waals surface area contributed by atoms with E-state index in [0.717, 1.165) is 29.4 Å². The van der Waals surface area contributed by atoms with Crippen LogP contribution in [-0.2, 0) is 17.0 Å². The van der Waals surface area contributed by atoms with Crippen molar-refractivity contribution in [3.05, 3.63) is 28.5 Å². The van der Waals surface area contributed by atoms with Gasteiger partial charge in [-0.3, -0.25) is 4.79 Å². The van der Waals surface area contributed by atoms with Crippen molar-refractivity contribution in [1.82, 2.24) is 14.8 Å². The van der Waals surface area contributed by atoms with Crippen molar-refractivity contribution < 1.29 is 14.3 Å². The number of halogens is 1. The van der Waals surface area contributed by atoms with Crippen molar-refractivity contribution in [3.8, 4) is 11.5 Å². The first-order valence-electron chi connectivity index (χ1n) is 8.04. The van der Waals surface area contributed by atoms with Crippen LogP contribution in [0.15, 0.2) is 17.3 Å². The number of hydrogen-bond acceptors (Lipinski definition) is 6. The summed E-state index contributed by atoms with van der Waals surface area (Å²) in [7, 11) is 0. The van der Waals surface area contributed by atoms with Gasteiger partial charge in [0.2, 0.25) is 12.7 Å². The molecule has 1 aliphatic heterocycles. The summed E-state index contributed by atoms with van der Waals surface area (Å²) < 4.78 is 12.9. The van der Waals surface area contributed by atoms with Crippen molar-refractivity contribution in [2.75, 3.05) is 6.79 Å². The van der Waals surface area contributed by atoms with E-state index in [0.29, 0.717) is 34.7 Å². The van der Waals surface area contributed by atoms with Gasteiger partial charge >= 0.3 is 0 Å². The molecule has 0 bridgehead atoms. The highest BCUT2D eigenvalue weighted by Gasteiger charge is 2.29. The molecule has 0 saturated heterocycles. The van der Waals surface area contributed by atoms with Crippen LogP contribution in [-0.4, -0.2) is 27.5 Å². The fourth-order valence-electron chi connectivity index (χ4n) is 2.76. The van der Waals surface area contributed by atoms with Gasteiger partial charge in [-0.25, -0.2) is 0 Å². The van der Waals surface area contributed by atoms with Crippen LogP contribution in [0.4, 0.5) is 0 Å². The zero-order chi connectivity index (χ0) is 17.4. The topological polar surface area (TPSA) is 92.3 Å². The summed E-state index contributed by atoms with van der Waals surface area (Å²) in [5.41, 5.74) is 6.28. The molecule has 7 nitrogen and oxygen atoms in total. The number of aromatic nitrogens is 3. The summed E-state index contributed by atoms with van der Waals surface area (Å²) in [5.74, 6) is 2.47. The number of carbonyl (C=O) groups excluding carboxylic acids is 1. The van der Waals surface area contributed by atoms with Crippen LogP contribution in [0.3, 0.4) is 0 Å². The molecule has 1 aliphatic carbocycles. The second-order valence-corrected chi connectivity index (χ2v) is 7.42. The van der Waals surface area contributed by atoms with Gasteiger partial charge in [-0.05, 0) is 30.5 Å². The Bertz CT molecular complexity index is 822. The van der Waals surface area contributed by atoms with Gasteiger partial charge in [-0.15, -0.1) is 10.2 Å². The molecule has 9 heteroatoms. The maximum Gasteiger partial charge on any atom is 0.231 e. The minimum atomic E-state index is -0.324. The number of primary amides is 1. The molecule has 25 heavy (non-hydrogen) atoms. The number of rotatable bonds is 7. The Morgan fingerprint density at radius 3 is 2.96 bits per heavy atom. The van der Waals surface area contributed by atoms with E-state index in [1.807, 2.05) is 12.1 Å². The summed E-state index contributed by atoms with van der Waals surface area (Å²) in [6.07, 6.45) is 3.04. The highest BCUT2D eigenvalue weighted by Crippen LogP contribution is 2.42. The van der Waals surface area contributed by atoms with Crippen molar-refractivity contribution in [3.63, 3.8) is 0 Å². The third-order valence-electron chi connectivity index (χ3n) is 4.10. The number of amides is 1. The third kappa shape index (κ3) is 3.55. The Hall–Kier alpha value is -1.93. The fraction of sp³-hybridized carbons (Fsp3) is 0.438. The first-order valence-corrected chi connectivity index (χ1v) is 9.41. The lowest BCUT2D eigenvalue weighted by Gasteiger charge is -2.09. The number of thioether (sulfide) groups is 1. The van der Waals surface area contributed by atoms with Gasteiger partial charge in [0.25, 0.3) is 0 Å². The quantitative estimate of drug-likeness (QED) is 0.742. The molecule has 0 spiro atoms. The predicted octanol–water partition coefficient (Wildman–Crippen LogP) is 2.71. The van der Waals surface area contributed by atoms with Crippen LogP contribution in [0.1, 0.15) is 36.7 Å². The van der Waals surface area contributed by atoms with E-state index in [9.17, 15) is 4.79 Å². The molecule has 0 unspecified atom stereocenters. The third-order valence-corrected chi connectivity index (χ3v) is 5.39. The molecular formula is C16H17ClN4O3S. The summed E-state index contributed by atoms with van der Waals surface area (Å²) in [6, 6.07) is 4.25. The first-order chi connectivity index (χ1) is 12.1. The van der Waals surface area contributed by atoms with E-state index in [2.05, 4.69) is 14.8 Å². The van der Waals surface area contributed by atoms with Crippen LogP contribution in [0, 0.1) is 0 Å². The minimum absolute atomic E-state index is 0.199. The molecule has 1 saturated carbocycles. The molecule has 2 heterocycles. The summed E-state index contributed by atoms with van der Waals surface area (Å²) in [6.45, 7) is 0.199. The number of fused-ring (bicyclic) bond motifs is 1. The van der Waals surface area contributed by atoms with Gasteiger partial charge in [0, 0.05) is 24.6 Å². The number of aryl methyl sites for hydroxylation is 1. The summed E-state index contributed by atoms with van der Waals surface area (Å²) >= 11 is 7.83. The van der Waals surface area contributed by atoms with Crippen LogP contribution < -0.4 is 15.2 Å². The molecule has 2 aromatic rings. The Labute approximate surface area is 153 Å². The molecular weight excluding hydrogens is 364 g/mol. The predicted molar refractivity (Wildman–Crippen MR) is 92.9 cm³/mol. The molecule has 132 valence electrons. The van der Waals surface area contributed by atoms with Crippen molar-refractivity contribution in [2.24, 2.45) is 5.73 Å². The lowest BCUT2D eigenvalue weighted by atomic mass is 10.2. The normalized spacial score (nSPS) is 15.6. The molecule has 1 aromatic carbocycles. The van der Waals surface area contributed by atoms with Crippen molar-refractivity contribution in [1.29, 1.82) is 0 Å². The largest absolute Gasteiger partial charge is 0.454 e. The zero-order valence-corrected chi connectivity index (χ0v) is 15.0. The number of benzene rings is 1. The maximum absolute atomic E-state index is 11.0. The van der Waals surface area contributed by atoms with E-state index in [1.54, 1.807) is 11.8 Å². The van der Waals surface area contributed by atoms with Crippen LogP contribution in [0.25, 0.3) is 0 Å². The monoisotopic (exact) mass is 380 g/mol. The number of nitrogens with zero attached hydrogens (tertiary/aromatic N) is 3. The van der Waals surface area contributed by atoms with Crippen molar-refractivity contribution in [2.45, 2.75) is 42.6 Å². The molecule has 1 amide bonds. The van der Waals surface area contributed by atoms with E-state index in [1.165, 1.54) is 0 Å². The van der Waals surface area contributed by atoms with Crippen molar-refractivity contribution >= 4 is 29.3 Å². The highest BCUT2D eigenvalue weighted by molar-refractivity contribution is 7.98. The number of hydrogen-bond donors (Lipinski definition) is 1. The zero-order valence-electron chi connectivity index (χ0n) is 13.4. The van der Waals surface area contributed by atoms with Crippen LogP contribution in [0.2, 0.25) is 5.02 Å². The molecule has 4 rings (SSSR count). The SMILES string of the molecule is NC(=O)CCc1nnc(SCc2cc(Cl)c3c(c2)OCO3)n1C1CC1. The Morgan fingerprint density at radius 1 is 1.36 bits per heavy atom. The van der Waals surface area contributed by atoms with Gasteiger partial charge in [0.05, 0.1) is 5.02 Å². The molecule has 2 N–H and O–H groups in total. The van der Waals surface area contributed by atoms with E-state index >= 15 is 0 Å². The lowest BCUT2D eigenvalue weighted by molar-refractivity contribution is -0.118. The Morgan fingerprint density at radius 2 is 2.20 bits per heavy atom. The number of carbonyl (C=O) groups is 1. The van der Waals surface area contributed by atoms with Gasteiger partial charge < -0.3 is 19.8 Å². The second kappa shape index (κ2) is 6.76. The smallest absolute Gasteiger partial charge is 0.231 e. The van der Waals surface area contributed by atoms with Gasteiger partial charge in [0.1, 0.15) is 5.82 Å². The number of ether oxygens (including phenoxy) is 2. The summed E-state index contributed by atoms with van der Waals surface area (Å²) in [4.78, 5) is 11.0. The average molecular weight is 381 g/mol. The molecule has 0 radical (unpaired) electrons. The first kappa shape index (κ1) is 16.5. The Kier molecular flexibility index (Phi) is 4.47. The molecule has 2 aliphatic rings. The van der Waals surface area contributed by atoms with Gasteiger partial charge in [0.15, 0.2) is 16.7 Å². The van der Waals surface area contributed by atoms with Gasteiger partial charge in [-0.2, -0.15) is 0 Å². The molecule has 1 aromatic heterocycles. The van der Waals surface area contributed by atoms with E-state index < -0.39 is 0 Å². The fourth-order valence-corrected chi connectivity index (χ4v) is 4.01. The standard InChI is InChI=1S/C16H17ClN4O3S/c17-11-5-9(6-12-15(11)24-8-23-12)7-25-16-20-19-14(4-3-13(18)22)21(16)10-1-2-10/h5-6,10H,1-4,7-8H2,(H2,18,22). The molecule has 0 atom stereocenters. The summed E-state index contributed by atoms with van der Waals surface area (Å²) in [5, 5.41) is 9.96. The van der Waals surface area contributed by atoms with Crippen LogP contribution in [0.5, 0.6) is 11.5 Å². The average Bonchev–Trinajstić information content (AvgIpc) is 3.15. The van der Waals surface area contributed by atoms with E-state index in [4.69, 9.17) is 26.8 Å². The number of nitrogens with two attached hydrogens (primary N) is 1. The Balaban J connectivity index is 1.49. The van der Waals surface area contributed by atoms with E-state index in [-0.39, 0.29) is 19.1 Å². The van der Waals surface area contributed by atoms with Crippen LogP contribution >= 0.6 is 23.4 Å². The molecule has 1 fully saturated rings. The highest BCUT2D eigenvalue weighted by atomic mass is 35.5. The maximum atomic E-state index is 11.0.